The molecule has 2 N–H and O–H groups in total. The normalized spacial score (nSPS) is 18.8. The quantitative estimate of drug-likeness (QED) is 0.859. The SMILES string of the molecule is Cl.N#Cc1ccc(Cl)c(C(c2ccccc2)N2CCNC[C@H]2CO)c1. The lowest BCUT2D eigenvalue weighted by Crippen LogP contribution is -2.54. The van der Waals surface area contributed by atoms with Crippen LogP contribution in [0.15, 0.2) is 48.5 Å². The number of rotatable bonds is 4. The van der Waals surface area contributed by atoms with Gasteiger partial charge in [0.2, 0.25) is 0 Å². The summed E-state index contributed by atoms with van der Waals surface area (Å²) in [6.45, 7) is 2.47. The molecule has 6 heteroatoms. The third-order valence-electron chi connectivity index (χ3n) is 4.47. The third-order valence-corrected chi connectivity index (χ3v) is 4.82. The number of nitrogens with zero attached hydrogens (tertiary/aromatic N) is 2. The van der Waals surface area contributed by atoms with E-state index in [2.05, 4.69) is 28.4 Å². The second-order valence-electron chi connectivity index (χ2n) is 5.94. The van der Waals surface area contributed by atoms with Crippen molar-refractivity contribution in [3.8, 4) is 6.07 Å². The van der Waals surface area contributed by atoms with Crippen molar-refractivity contribution in [1.82, 2.24) is 10.2 Å². The van der Waals surface area contributed by atoms with Crippen molar-refractivity contribution in [1.29, 1.82) is 5.26 Å². The second kappa shape index (κ2) is 9.19. The average molecular weight is 378 g/mol. The Balaban J connectivity index is 0.00000225. The van der Waals surface area contributed by atoms with Crippen LogP contribution in [0.5, 0.6) is 0 Å². The van der Waals surface area contributed by atoms with E-state index in [1.807, 2.05) is 24.3 Å². The Morgan fingerprint density at radius 2 is 2.04 bits per heavy atom. The lowest BCUT2D eigenvalue weighted by atomic mass is 9.93. The van der Waals surface area contributed by atoms with Crippen molar-refractivity contribution in [3.05, 3.63) is 70.2 Å². The van der Waals surface area contributed by atoms with Gasteiger partial charge < -0.3 is 10.4 Å². The minimum atomic E-state index is -0.0914. The van der Waals surface area contributed by atoms with Crippen LogP contribution in [0.4, 0.5) is 0 Å². The molecule has 0 radical (unpaired) electrons. The van der Waals surface area contributed by atoms with Crippen LogP contribution in [0.1, 0.15) is 22.7 Å². The first kappa shape index (κ1) is 19.7. The number of hydrogen-bond acceptors (Lipinski definition) is 4. The van der Waals surface area contributed by atoms with E-state index in [-0.39, 0.29) is 31.1 Å². The maximum absolute atomic E-state index is 9.81. The largest absolute Gasteiger partial charge is 0.395 e. The fraction of sp³-hybridized carbons (Fsp3) is 0.316. The zero-order valence-electron chi connectivity index (χ0n) is 13.7. The van der Waals surface area contributed by atoms with Crippen molar-refractivity contribution in [2.45, 2.75) is 12.1 Å². The number of hydrogen-bond donors (Lipinski definition) is 2. The molecule has 1 fully saturated rings. The maximum Gasteiger partial charge on any atom is 0.0991 e. The Hall–Kier alpha value is -1.61. The minimum absolute atomic E-state index is 0. The van der Waals surface area contributed by atoms with Crippen molar-refractivity contribution in [2.75, 3.05) is 26.2 Å². The van der Waals surface area contributed by atoms with Gasteiger partial charge in [0, 0.05) is 30.7 Å². The van der Waals surface area contributed by atoms with Crippen molar-refractivity contribution >= 4 is 24.0 Å². The summed E-state index contributed by atoms with van der Waals surface area (Å²) in [7, 11) is 0. The van der Waals surface area contributed by atoms with Crippen LogP contribution in [0.2, 0.25) is 5.02 Å². The molecular weight excluding hydrogens is 357 g/mol. The third kappa shape index (κ3) is 4.33. The van der Waals surface area contributed by atoms with Crippen LogP contribution in [0.25, 0.3) is 0 Å². The standard InChI is InChI=1S/C19H20ClN3O.ClH/c20-18-7-6-14(11-21)10-17(18)19(15-4-2-1-3-5-15)23-9-8-22-12-16(23)13-24;/h1-7,10,16,19,22,24H,8-9,12-13H2;1H/t16-,19?;/m0./s1. The molecular formula is C19H21Cl2N3O. The molecule has 2 aromatic rings. The van der Waals surface area contributed by atoms with Gasteiger partial charge in [0.05, 0.1) is 24.3 Å². The van der Waals surface area contributed by atoms with Crippen LogP contribution in [0, 0.1) is 11.3 Å². The van der Waals surface area contributed by atoms with E-state index in [0.717, 1.165) is 30.8 Å². The number of benzene rings is 2. The average Bonchev–Trinajstić information content (AvgIpc) is 2.65. The van der Waals surface area contributed by atoms with E-state index in [0.29, 0.717) is 10.6 Å². The highest BCUT2D eigenvalue weighted by atomic mass is 35.5. The predicted molar refractivity (Wildman–Crippen MR) is 102 cm³/mol. The first-order valence-electron chi connectivity index (χ1n) is 8.06. The fourth-order valence-electron chi connectivity index (χ4n) is 3.29. The maximum atomic E-state index is 9.81. The molecule has 1 heterocycles. The Bertz CT molecular complexity index is 733. The van der Waals surface area contributed by atoms with Gasteiger partial charge in [-0.25, -0.2) is 0 Å². The molecule has 1 aliphatic heterocycles. The number of aliphatic hydroxyl groups is 1. The van der Waals surface area contributed by atoms with Crippen molar-refractivity contribution in [3.63, 3.8) is 0 Å². The smallest absolute Gasteiger partial charge is 0.0991 e. The van der Waals surface area contributed by atoms with Gasteiger partial charge in [-0.1, -0.05) is 41.9 Å². The Morgan fingerprint density at radius 1 is 1.28 bits per heavy atom. The molecule has 25 heavy (non-hydrogen) atoms. The summed E-state index contributed by atoms with van der Waals surface area (Å²) in [5.41, 5.74) is 2.60. The molecule has 0 aromatic heterocycles. The molecule has 4 nitrogen and oxygen atoms in total. The van der Waals surface area contributed by atoms with E-state index in [1.54, 1.807) is 12.1 Å². The van der Waals surface area contributed by atoms with Gasteiger partial charge >= 0.3 is 0 Å². The molecule has 0 amide bonds. The van der Waals surface area contributed by atoms with Gasteiger partial charge in [0.1, 0.15) is 0 Å². The lowest BCUT2D eigenvalue weighted by Gasteiger charge is -2.41. The van der Waals surface area contributed by atoms with Crippen LogP contribution >= 0.6 is 24.0 Å². The summed E-state index contributed by atoms with van der Waals surface area (Å²) in [6.07, 6.45) is 0. The lowest BCUT2D eigenvalue weighted by molar-refractivity contribution is 0.0760. The molecule has 3 rings (SSSR count). The molecule has 0 bridgehead atoms. The summed E-state index contributed by atoms with van der Waals surface area (Å²) in [5.74, 6) is 0. The van der Waals surface area contributed by atoms with Gasteiger partial charge in [-0.2, -0.15) is 5.26 Å². The van der Waals surface area contributed by atoms with E-state index >= 15 is 0 Å². The molecule has 2 aromatic carbocycles. The monoisotopic (exact) mass is 377 g/mol. The molecule has 1 saturated heterocycles. The predicted octanol–water partition coefficient (Wildman–Crippen LogP) is 2.99. The molecule has 0 saturated carbocycles. The number of piperazine rings is 1. The second-order valence-corrected chi connectivity index (χ2v) is 6.35. The Kier molecular flexibility index (Phi) is 7.24. The summed E-state index contributed by atoms with van der Waals surface area (Å²) < 4.78 is 0. The first-order chi connectivity index (χ1) is 11.7. The van der Waals surface area contributed by atoms with Gasteiger partial charge in [-0.15, -0.1) is 12.4 Å². The van der Waals surface area contributed by atoms with Crippen LogP contribution < -0.4 is 5.32 Å². The number of aliphatic hydroxyl groups excluding tert-OH is 1. The zero-order chi connectivity index (χ0) is 16.9. The van der Waals surface area contributed by atoms with E-state index in [9.17, 15) is 10.4 Å². The molecule has 1 unspecified atom stereocenters. The van der Waals surface area contributed by atoms with Gasteiger partial charge in [0.15, 0.2) is 0 Å². The van der Waals surface area contributed by atoms with Crippen LogP contribution in [-0.2, 0) is 0 Å². The Labute approximate surface area is 159 Å². The molecule has 0 aliphatic carbocycles. The zero-order valence-corrected chi connectivity index (χ0v) is 15.3. The summed E-state index contributed by atoms with van der Waals surface area (Å²) in [5, 5.41) is 23.0. The molecule has 0 spiro atoms. The van der Waals surface area contributed by atoms with Crippen LogP contribution in [-0.4, -0.2) is 42.3 Å². The van der Waals surface area contributed by atoms with Crippen molar-refractivity contribution in [2.24, 2.45) is 0 Å². The first-order valence-corrected chi connectivity index (χ1v) is 8.44. The highest BCUT2D eigenvalue weighted by Crippen LogP contribution is 2.35. The highest BCUT2D eigenvalue weighted by Gasteiger charge is 2.31. The van der Waals surface area contributed by atoms with Crippen molar-refractivity contribution < 1.29 is 5.11 Å². The number of halogens is 2. The number of nitriles is 1. The van der Waals surface area contributed by atoms with Gasteiger partial charge in [0.25, 0.3) is 0 Å². The molecule has 2 atom stereocenters. The molecule has 132 valence electrons. The van der Waals surface area contributed by atoms with E-state index in [1.165, 1.54) is 0 Å². The number of nitrogens with one attached hydrogen (secondary N) is 1. The summed E-state index contributed by atoms with van der Waals surface area (Å²) in [4.78, 5) is 2.27. The van der Waals surface area contributed by atoms with Gasteiger partial charge in [-0.05, 0) is 29.3 Å². The van der Waals surface area contributed by atoms with Gasteiger partial charge in [-0.3, -0.25) is 4.90 Å². The molecule has 1 aliphatic rings. The van der Waals surface area contributed by atoms with E-state index in [4.69, 9.17) is 11.6 Å². The summed E-state index contributed by atoms with van der Waals surface area (Å²) in [6, 6.07) is 17.6. The highest BCUT2D eigenvalue weighted by molar-refractivity contribution is 6.31. The van der Waals surface area contributed by atoms with E-state index < -0.39 is 0 Å². The topological polar surface area (TPSA) is 59.3 Å². The Morgan fingerprint density at radius 3 is 2.72 bits per heavy atom. The summed E-state index contributed by atoms with van der Waals surface area (Å²) >= 11 is 6.49. The van der Waals surface area contributed by atoms with Crippen LogP contribution in [0.3, 0.4) is 0 Å². The minimum Gasteiger partial charge on any atom is -0.395 e. The fourth-order valence-corrected chi connectivity index (χ4v) is 3.51.